The summed E-state index contributed by atoms with van der Waals surface area (Å²) in [5.74, 6) is -0.400. The summed E-state index contributed by atoms with van der Waals surface area (Å²) in [7, 11) is 1.58. The van der Waals surface area contributed by atoms with Gasteiger partial charge in [-0.3, -0.25) is 14.5 Å². The van der Waals surface area contributed by atoms with Gasteiger partial charge in [0.25, 0.3) is 5.78 Å². The van der Waals surface area contributed by atoms with Crippen molar-refractivity contribution in [1.82, 2.24) is 4.98 Å². The number of aliphatic hydroxyl groups excluding tert-OH is 1. The Kier molecular flexibility index (Phi) is 5.66. The molecule has 2 unspecified atom stereocenters. The molecule has 186 valence electrons. The first-order chi connectivity index (χ1) is 17.8. The van der Waals surface area contributed by atoms with Crippen LogP contribution in [0.3, 0.4) is 0 Å². The first-order valence-corrected chi connectivity index (χ1v) is 12.8. The molecule has 1 amide bonds. The molecule has 0 radical (unpaired) electrons. The van der Waals surface area contributed by atoms with Gasteiger partial charge in [-0.05, 0) is 66.6 Å². The van der Waals surface area contributed by atoms with E-state index in [0.29, 0.717) is 39.0 Å². The Hall–Kier alpha value is -3.88. The monoisotopic (exact) mass is 532 g/mol. The predicted octanol–water partition coefficient (Wildman–Crippen LogP) is 5.91. The zero-order valence-electron chi connectivity index (χ0n) is 19.9. The van der Waals surface area contributed by atoms with Gasteiger partial charge in [0.15, 0.2) is 5.13 Å². The van der Waals surface area contributed by atoms with Crippen LogP contribution in [-0.2, 0) is 16.0 Å². The van der Waals surface area contributed by atoms with Crippen LogP contribution in [0.4, 0.5) is 5.13 Å². The Bertz CT molecular complexity index is 1630. The number of Topliss-reactive ketones (excluding diaryl/α,β-unsaturated/α-hetero) is 1. The second-order valence-corrected chi connectivity index (χ2v) is 10.5. The number of carbonyl (C=O) groups is 2. The molecule has 2 aliphatic heterocycles. The van der Waals surface area contributed by atoms with E-state index in [1.807, 2.05) is 13.0 Å². The second-order valence-electron chi connectivity index (χ2n) is 9.01. The van der Waals surface area contributed by atoms with E-state index in [1.165, 1.54) is 16.2 Å². The molecule has 2 aliphatic rings. The number of nitrogens with zero attached hydrogens (tertiary/aromatic N) is 2. The van der Waals surface area contributed by atoms with Gasteiger partial charge in [0.1, 0.15) is 23.4 Å². The van der Waals surface area contributed by atoms with Gasteiger partial charge in [-0.25, -0.2) is 4.98 Å². The third kappa shape index (κ3) is 3.93. The van der Waals surface area contributed by atoms with E-state index in [9.17, 15) is 14.7 Å². The normalized spacial score (nSPS) is 20.4. The maximum Gasteiger partial charge on any atom is 0.301 e. The lowest BCUT2D eigenvalue weighted by Gasteiger charge is -2.23. The largest absolute Gasteiger partial charge is 0.507 e. The minimum atomic E-state index is -0.912. The number of benzene rings is 3. The highest BCUT2D eigenvalue weighted by Gasteiger charge is 2.48. The molecule has 1 N–H and O–H groups in total. The molecule has 3 aromatic carbocycles. The number of ketones is 1. The zero-order valence-corrected chi connectivity index (χ0v) is 21.5. The maximum absolute atomic E-state index is 13.5. The average Bonchev–Trinajstić information content (AvgIpc) is 3.55. The summed E-state index contributed by atoms with van der Waals surface area (Å²) >= 11 is 7.57. The number of fused-ring (bicyclic) bond motifs is 2. The standard InChI is InChI=1S/C28H21ClN2O5S/c1-14-10-17-11-16(6-9-21(17)36-14)25(32)23-24(15-4-3-5-18(29)12-15)31(27(34)26(23)33)28-30-20-8-7-19(35-2)13-22(20)37-28/h3-9,11-14,24,32H,10H2,1-2H3/b25-23+. The lowest BCUT2D eigenvalue weighted by Crippen LogP contribution is -2.29. The summed E-state index contributed by atoms with van der Waals surface area (Å²) in [6.07, 6.45) is 0.722. The molecule has 9 heteroatoms. The van der Waals surface area contributed by atoms with E-state index >= 15 is 0 Å². The molecular formula is C28H21ClN2O5S. The number of aromatic nitrogens is 1. The summed E-state index contributed by atoms with van der Waals surface area (Å²) in [6.45, 7) is 1.97. The van der Waals surface area contributed by atoms with Crippen molar-refractivity contribution < 1.29 is 24.2 Å². The Morgan fingerprint density at radius 1 is 1.16 bits per heavy atom. The van der Waals surface area contributed by atoms with Crippen LogP contribution in [0.5, 0.6) is 11.5 Å². The molecule has 0 saturated carbocycles. The number of rotatable bonds is 4. The molecule has 37 heavy (non-hydrogen) atoms. The first kappa shape index (κ1) is 23.5. The average molecular weight is 533 g/mol. The van der Waals surface area contributed by atoms with E-state index in [-0.39, 0.29) is 17.4 Å². The van der Waals surface area contributed by atoms with Gasteiger partial charge in [-0.1, -0.05) is 35.1 Å². The quantitative estimate of drug-likeness (QED) is 0.200. The van der Waals surface area contributed by atoms with Gasteiger partial charge < -0.3 is 14.6 Å². The molecule has 0 bridgehead atoms. The number of hydrogen-bond donors (Lipinski definition) is 1. The number of hydrogen-bond acceptors (Lipinski definition) is 7. The van der Waals surface area contributed by atoms with Crippen molar-refractivity contribution in [1.29, 1.82) is 0 Å². The molecule has 2 atom stereocenters. The van der Waals surface area contributed by atoms with Crippen LogP contribution in [-0.4, -0.2) is 35.0 Å². The highest BCUT2D eigenvalue weighted by molar-refractivity contribution is 7.22. The summed E-state index contributed by atoms with van der Waals surface area (Å²) in [5, 5.41) is 12.2. The topological polar surface area (TPSA) is 89.0 Å². The fraction of sp³-hybridized carbons (Fsp3) is 0.179. The van der Waals surface area contributed by atoms with Crippen molar-refractivity contribution in [3.05, 3.63) is 87.9 Å². The van der Waals surface area contributed by atoms with E-state index < -0.39 is 17.7 Å². The van der Waals surface area contributed by atoms with Crippen LogP contribution in [0.1, 0.15) is 29.7 Å². The minimum Gasteiger partial charge on any atom is -0.507 e. The Morgan fingerprint density at radius 2 is 2.00 bits per heavy atom. The molecule has 1 aromatic heterocycles. The van der Waals surface area contributed by atoms with Crippen LogP contribution in [0.15, 0.2) is 66.2 Å². The molecule has 4 aromatic rings. The minimum absolute atomic E-state index is 0.0176. The molecule has 0 aliphatic carbocycles. The van der Waals surface area contributed by atoms with Crippen LogP contribution >= 0.6 is 22.9 Å². The Balaban J connectivity index is 1.53. The molecule has 1 saturated heterocycles. The van der Waals surface area contributed by atoms with Crippen molar-refractivity contribution in [3.8, 4) is 11.5 Å². The molecule has 6 rings (SSSR count). The maximum atomic E-state index is 13.5. The van der Waals surface area contributed by atoms with E-state index in [1.54, 1.807) is 61.7 Å². The lowest BCUT2D eigenvalue weighted by atomic mass is 9.94. The zero-order chi connectivity index (χ0) is 25.8. The molecule has 0 spiro atoms. The summed E-state index contributed by atoms with van der Waals surface area (Å²) in [4.78, 5) is 32.9. The van der Waals surface area contributed by atoms with Gasteiger partial charge in [0.2, 0.25) is 0 Å². The summed E-state index contributed by atoms with van der Waals surface area (Å²) in [5.41, 5.74) is 2.61. The number of aliphatic hydroxyl groups is 1. The summed E-state index contributed by atoms with van der Waals surface area (Å²) in [6, 6.07) is 16.7. The van der Waals surface area contributed by atoms with E-state index in [2.05, 4.69) is 4.98 Å². The van der Waals surface area contributed by atoms with Crippen LogP contribution < -0.4 is 14.4 Å². The highest BCUT2D eigenvalue weighted by Crippen LogP contribution is 2.45. The van der Waals surface area contributed by atoms with Gasteiger partial charge in [-0.15, -0.1) is 0 Å². The Morgan fingerprint density at radius 3 is 2.78 bits per heavy atom. The van der Waals surface area contributed by atoms with Gasteiger partial charge >= 0.3 is 5.91 Å². The Labute approximate surface area is 221 Å². The number of methoxy groups -OCH3 is 1. The van der Waals surface area contributed by atoms with Crippen molar-refractivity contribution in [3.63, 3.8) is 0 Å². The van der Waals surface area contributed by atoms with Crippen molar-refractivity contribution in [2.45, 2.75) is 25.5 Å². The number of anilines is 1. The van der Waals surface area contributed by atoms with E-state index in [0.717, 1.165) is 16.0 Å². The SMILES string of the molecule is COc1ccc2nc(N3C(=O)C(=O)/C(=C(/O)c4ccc5c(c4)CC(C)O5)C3c3cccc(Cl)c3)sc2c1. The van der Waals surface area contributed by atoms with E-state index in [4.69, 9.17) is 21.1 Å². The molecule has 1 fully saturated rings. The number of amides is 1. The number of carbonyl (C=O) groups excluding carboxylic acids is 2. The molecular weight excluding hydrogens is 512 g/mol. The third-order valence-electron chi connectivity index (χ3n) is 6.57. The number of ether oxygens (including phenoxy) is 2. The lowest BCUT2D eigenvalue weighted by molar-refractivity contribution is -0.132. The first-order valence-electron chi connectivity index (χ1n) is 11.6. The number of thiazole rings is 1. The molecule has 7 nitrogen and oxygen atoms in total. The smallest absolute Gasteiger partial charge is 0.301 e. The van der Waals surface area contributed by atoms with Crippen molar-refractivity contribution in [2.24, 2.45) is 0 Å². The third-order valence-corrected chi connectivity index (χ3v) is 7.82. The summed E-state index contributed by atoms with van der Waals surface area (Å²) < 4.78 is 11.9. The van der Waals surface area contributed by atoms with Crippen molar-refractivity contribution in [2.75, 3.05) is 12.0 Å². The molecule has 3 heterocycles. The second kappa shape index (κ2) is 8.90. The fourth-order valence-electron chi connectivity index (χ4n) is 4.87. The van der Waals surface area contributed by atoms with Crippen molar-refractivity contribution >= 4 is 55.7 Å². The fourth-order valence-corrected chi connectivity index (χ4v) is 6.09. The van der Waals surface area contributed by atoms with Gasteiger partial charge in [-0.2, -0.15) is 0 Å². The predicted molar refractivity (Wildman–Crippen MR) is 143 cm³/mol. The van der Waals surface area contributed by atoms with Gasteiger partial charge in [0, 0.05) is 17.0 Å². The van der Waals surface area contributed by atoms with Crippen LogP contribution in [0, 0.1) is 0 Å². The van der Waals surface area contributed by atoms with Crippen LogP contribution in [0.25, 0.3) is 16.0 Å². The number of halogens is 1. The van der Waals surface area contributed by atoms with Crippen LogP contribution in [0.2, 0.25) is 5.02 Å². The highest BCUT2D eigenvalue weighted by atomic mass is 35.5. The van der Waals surface area contributed by atoms with Gasteiger partial charge in [0.05, 0.1) is 28.9 Å².